The standard InChI is InChI=1S/C19H28N6O5/c1-11(10-28-3)20-19(27)30-13-6-5-12(7-13)14-8-16(23-22-14)21-18(26)15-9-17(29-4)24-25(15)2/h8-9,11-13H,5-7,10H2,1-4H3,(H,20,27)(H2,21,22,23,26)/t11?,12-,13+/m0/s1. The number of aromatic amines is 1. The van der Waals surface area contributed by atoms with Crippen LogP contribution in [0, 0.1) is 0 Å². The molecule has 1 aliphatic rings. The summed E-state index contributed by atoms with van der Waals surface area (Å²) in [7, 11) is 4.74. The van der Waals surface area contributed by atoms with Crippen LogP contribution in [-0.2, 0) is 16.5 Å². The molecule has 2 aromatic rings. The highest BCUT2D eigenvalue weighted by atomic mass is 16.6. The molecule has 11 heteroatoms. The zero-order valence-electron chi connectivity index (χ0n) is 17.6. The quantitative estimate of drug-likeness (QED) is 0.593. The molecule has 1 saturated carbocycles. The fraction of sp³-hybridized carbons (Fsp3) is 0.579. The van der Waals surface area contributed by atoms with Crippen molar-refractivity contribution in [2.75, 3.05) is 26.1 Å². The van der Waals surface area contributed by atoms with Crippen molar-refractivity contribution in [3.63, 3.8) is 0 Å². The lowest BCUT2D eigenvalue weighted by Crippen LogP contribution is -2.37. The first-order valence-corrected chi connectivity index (χ1v) is 9.80. The van der Waals surface area contributed by atoms with Crippen molar-refractivity contribution in [3.05, 3.63) is 23.5 Å². The van der Waals surface area contributed by atoms with E-state index in [-0.39, 0.29) is 24.0 Å². The van der Waals surface area contributed by atoms with Crippen LogP contribution in [0.3, 0.4) is 0 Å². The Labute approximate surface area is 174 Å². The minimum absolute atomic E-state index is 0.113. The van der Waals surface area contributed by atoms with Crippen LogP contribution in [0.2, 0.25) is 0 Å². The third-order valence-corrected chi connectivity index (χ3v) is 5.02. The van der Waals surface area contributed by atoms with E-state index in [1.807, 2.05) is 6.92 Å². The van der Waals surface area contributed by atoms with Gasteiger partial charge in [-0.05, 0) is 26.2 Å². The second-order valence-corrected chi connectivity index (χ2v) is 7.40. The Morgan fingerprint density at radius 2 is 2.13 bits per heavy atom. The van der Waals surface area contributed by atoms with Crippen LogP contribution < -0.4 is 15.4 Å². The van der Waals surface area contributed by atoms with Crippen molar-refractivity contribution in [2.24, 2.45) is 7.05 Å². The summed E-state index contributed by atoms with van der Waals surface area (Å²) in [6.45, 7) is 2.28. The number of aromatic nitrogens is 4. The maximum Gasteiger partial charge on any atom is 0.407 e. The zero-order valence-corrected chi connectivity index (χ0v) is 17.6. The topological polar surface area (TPSA) is 132 Å². The largest absolute Gasteiger partial charge is 0.480 e. The number of anilines is 1. The number of alkyl carbamates (subject to hydrolysis) is 1. The van der Waals surface area contributed by atoms with E-state index in [2.05, 4.69) is 25.9 Å². The second kappa shape index (κ2) is 9.61. The molecule has 0 bridgehead atoms. The average Bonchev–Trinajstić information content (AvgIpc) is 3.41. The van der Waals surface area contributed by atoms with Crippen LogP contribution in [0.1, 0.15) is 48.3 Å². The molecular formula is C19H28N6O5. The molecule has 3 rings (SSSR count). The van der Waals surface area contributed by atoms with E-state index in [9.17, 15) is 9.59 Å². The number of nitrogens with zero attached hydrogens (tertiary/aromatic N) is 3. The molecule has 1 aliphatic carbocycles. The number of carbonyl (C=O) groups is 2. The van der Waals surface area contributed by atoms with Gasteiger partial charge in [0.2, 0.25) is 5.88 Å². The molecule has 0 saturated heterocycles. The fourth-order valence-corrected chi connectivity index (χ4v) is 3.55. The Hall–Kier alpha value is -3.08. The highest BCUT2D eigenvalue weighted by Gasteiger charge is 2.30. The molecule has 0 spiro atoms. The Morgan fingerprint density at radius 3 is 2.83 bits per heavy atom. The summed E-state index contributed by atoms with van der Waals surface area (Å²) in [4.78, 5) is 24.4. The van der Waals surface area contributed by atoms with Crippen LogP contribution in [0.25, 0.3) is 0 Å². The van der Waals surface area contributed by atoms with E-state index in [1.54, 1.807) is 26.3 Å². The SMILES string of the molecule is COCC(C)NC(=O)O[C@@H]1CC[C@H](c2cc(NC(=O)c3cc(OC)nn3C)n[nH]2)C1. The maximum atomic E-state index is 12.4. The van der Waals surface area contributed by atoms with Crippen molar-refractivity contribution in [2.45, 2.75) is 44.2 Å². The number of H-pyrrole nitrogens is 1. The lowest BCUT2D eigenvalue weighted by Gasteiger charge is -2.16. The summed E-state index contributed by atoms with van der Waals surface area (Å²) in [5.74, 6) is 0.628. The normalized spacial score (nSPS) is 19.3. The van der Waals surface area contributed by atoms with E-state index in [1.165, 1.54) is 11.8 Å². The Kier molecular flexibility index (Phi) is 6.93. The van der Waals surface area contributed by atoms with Gasteiger partial charge < -0.3 is 24.8 Å². The van der Waals surface area contributed by atoms with Crippen LogP contribution in [-0.4, -0.2) is 65.0 Å². The smallest absolute Gasteiger partial charge is 0.407 e. The van der Waals surface area contributed by atoms with Crippen molar-refractivity contribution in [1.82, 2.24) is 25.3 Å². The third-order valence-electron chi connectivity index (χ3n) is 5.02. The first-order chi connectivity index (χ1) is 14.4. The predicted molar refractivity (Wildman–Crippen MR) is 108 cm³/mol. The van der Waals surface area contributed by atoms with Crippen molar-refractivity contribution in [3.8, 4) is 5.88 Å². The van der Waals surface area contributed by atoms with Gasteiger partial charge in [0.15, 0.2) is 5.82 Å². The van der Waals surface area contributed by atoms with E-state index in [0.29, 0.717) is 30.4 Å². The van der Waals surface area contributed by atoms with Gasteiger partial charge in [-0.25, -0.2) is 4.79 Å². The van der Waals surface area contributed by atoms with Crippen molar-refractivity contribution in [1.29, 1.82) is 0 Å². The number of aryl methyl sites for hydroxylation is 1. The number of hydrogen-bond donors (Lipinski definition) is 3. The molecular weight excluding hydrogens is 392 g/mol. The molecule has 11 nitrogen and oxygen atoms in total. The van der Waals surface area contributed by atoms with Crippen LogP contribution in [0.5, 0.6) is 5.88 Å². The minimum atomic E-state index is -0.436. The molecule has 2 aromatic heterocycles. The third kappa shape index (κ3) is 5.29. The van der Waals surface area contributed by atoms with E-state index >= 15 is 0 Å². The number of rotatable bonds is 8. The van der Waals surface area contributed by atoms with Crippen LogP contribution in [0.4, 0.5) is 10.6 Å². The van der Waals surface area contributed by atoms with Gasteiger partial charge in [0.1, 0.15) is 11.8 Å². The van der Waals surface area contributed by atoms with E-state index in [0.717, 1.165) is 18.5 Å². The number of amides is 2. The lowest BCUT2D eigenvalue weighted by molar-refractivity contribution is 0.0910. The van der Waals surface area contributed by atoms with Gasteiger partial charge in [-0.15, -0.1) is 5.10 Å². The van der Waals surface area contributed by atoms with E-state index < -0.39 is 6.09 Å². The first kappa shape index (κ1) is 21.6. The molecule has 30 heavy (non-hydrogen) atoms. The summed E-state index contributed by atoms with van der Waals surface area (Å²) < 4.78 is 17.0. The predicted octanol–water partition coefficient (Wildman–Crippen LogP) is 1.80. The molecule has 164 valence electrons. The highest BCUT2D eigenvalue weighted by molar-refractivity contribution is 6.02. The number of methoxy groups -OCH3 is 2. The molecule has 0 radical (unpaired) electrons. The van der Waals surface area contributed by atoms with Gasteiger partial charge in [-0.1, -0.05) is 0 Å². The summed E-state index contributed by atoms with van der Waals surface area (Å²) in [5.41, 5.74) is 1.26. The molecule has 3 atom stereocenters. The molecule has 3 N–H and O–H groups in total. The molecule has 0 aromatic carbocycles. The number of carbonyl (C=O) groups excluding carboxylic acids is 2. The summed E-state index contributed by atoms with van der Waals surface area (Å²) >= 11 is 0. The molecule has 1 unspecified atom stereocenters. The molecule has 1 fully saturated rings. The Bertz CT molecular complexity index is 879. The van der Waals surface area contributed by atoms with Gasteiger partial charge >= 0.3 is 6.09 Å². The Balaban J connectivity index is 1.52. The molecule has 2 amide bonds. The van der Waals surface area contributed by atoms with Gasteiger partial charge in [0, 0.05) is 37.9 Å². The van der Waals surface area contributed by atoms with Crippen molar-refractivity contribution >= 4 is 17.8 Å². The maximum absolute atomic E-state index is 12.4. The van der Waals surface area contributed by atoms with Gasteiger partial charge in [0.05, 0.1) is 19.8 Å². The molecule has 2 heterocycles. The van der Waals surface area contributed by atoms with Gasteiger partial charge in [0.25, 0.3) is 5.91 Å². The second-order valence-electron chi connectivity index (χ2n) is 7.40. The summed E-state index contributed by atoms with van der Waals surface area (Å²) in [5, 5.41) is 16.7. The zero-order chi connectivity index (χ0) is 21.7. The average molecular weight is 420 g/mol. The summed E-state index contributed by atoms with van der Waals surface area (Å²) in [6.07, 6.45) is 1.73. The number of hydrogen-bond acceptors (Lipinski definition) is 7. The van der Waals surface area contributed by atoms with Gasteiger partial charge in [-0.2, -0.15) is 5.10 Å². The fourth-order valence-electron chi connectivity index (χ4n) is 3.55. The van der Waals surface area contributed by atoms with E-state index in [4.69, 9.17) is 14.2 Å². The highest BCUT2D eigenvalue weighted by Crippen LogP contribution is 2.35. The number of ether oxygens (including phenoxy) is 3. The first-order valence-electron chi connectivity index (χ1n) is 9.80. The summed E-state index contributed by atoms with van der Waals surface area (Å²) in [6, 6.07) is 3.25. The van der Waals surface area contributed by atoms with Crippen molar-refractivity contribution < 1.29 is 23.8 Å². The minimum Gasteiger partial charge on any atom is -0.480 e. The van der Waals surface area contributed by atoms with Crippen LogP contribution >= 0.6 is 0 Å². The van der Waals surface area contributed by atoms with Crippen LogP contribution in [0.15, 0.2) is 12.1 Å². The Morgan fingerprint density at radius 1 is 1.33 bits per heavy atom. The monoisotopic (exact) mass is 420 g/mol. The molecule has 0 aliphatic heterocycles. The van der Waals surface area contributed by atoms with Gasteiger partial charge in [-0.3, -0.25) is 14.6 Å². The number of nitrogens with one attached hydrogen (secondary N) is 3. The lowest BCUT2D eigenvalue weighted by atomic mass is 10.0.